The average molecular weight is 207 g/mol. The smallest absolute Gasteiger partial charge is 0.223 e. The highest BCUT2D eigenvalue weighted by Gasteiger charge is 2.31. The second-order valence-corrected chi connectivity index (χ2v) is 4.16. The zero-order valence-electron chi connectivity index (χ0n) is 8.70. The van der Waals surface area contributed by atoms with E-state index in [4.69, 9.17) is 5.73 Å². The monoisotopic (exact) mass is 207 g/mol. The molecule has 0 unspecified atom stereocenters. The van der Waals surface area contributed by atoms with Gasteiger partial charge in [0.1, 0.15) is 0 Å². The number of hydrogen-bond acceptors (Lipinski definition) is 2. The van der Waals surface area contributed by atoms with E-state index in [1.165, 1.54) is 0 Å². The first kappa shape index (κ1) is 10.2. The molecule has 1 heterocycles. The van der Waals surface area contributed by atoms with Gasteiger partial charge in [0, 0.05) is 36.8 Å². The molecule has 4 heteroatoms. The molecule has 0 spiro atoms. The Bertz CT molecular complexity index is 315. The lowest BCUT2D eigenvalue weighted by Gasteiger charge is -2.31. The summed E-state index contributed by atoms with van der Waals surface area (Å²) in [6.07, 6.45) is 4.43. The largest absolute Gasteiger partial charge is 0.365 e. The van der Waals surface area contributed by atoms with E-state index in [0.29, 0.717) is 6.54 Å². The van der Waals surface area contributed by atoms with Crippen LogP contribution in [0.2, 0.25) is 0 Å². The van der Waals surface area contributed by atoms with Crippen molar-refractivity contribution in [3.8, 4) is 0 Å². The summed E-state index contributed by atoms with van der Waals surface area (Å²) >= 11 is 0. The quantitative estimate of drug-likeness (QED) is 0.669. The van der Waals surface area contributed by atoms with Crippen LogP contribution in [0.3, 0.4) is 0 Å². The van der Waals surface area contributed by atoms with Crippen molar-refractivity contribution in [1.82, 2.24) is 10.3 Å². The molecule has 1 amide bonds. The fraction of sp³-hybridized carbons (Fsp3) is 0.545. The molecular formula is C11H17N3O. The SMILES string of the molecule is NC1CC(C(=O)NCCc2ccc[nH]2)C1. The Morgan fingerprint density at radius 3 is 3.00 bits per heavy atom. The number of aromatic nitrogens is 1. The first-order chi connectivity index (χ1) is 7.25. The Balaban J connectivity index is 1.64. The van der Waals surface area contributed by atoms with Crippen LogP contribution in [-0.4, -0.2) is 23.5 Å². The van der Waals surface area contributed by atoms with Crippen LogP contribution in [0.1, 0.15) is 18.5 Å². The van der Waals surface area contributed by atoms with Crippen LogP contribution >= 0.6 is 0 Å². The zero-order chi connectivity index (χ0) is 10.7. The van der Waals surface area contributed by atoms with E-state index in [0.717, 1.165) is 25.0 Å². The van der Waals surface area contributed by atoms with E-state index >= 15 is 0 Å². The maximum Gasteiger partial charge on any atom is 0.223 e. The van der Waals surface area contributed by atoms with Crippen LogP contribution in [-0.2, 0) is 11.2 Å². The number of rotatable bonds is 4. The van der Waals surface area contributed by atoms with Crippen molar-refractivity contribution in [2.75, 3.05) is 6.54 Å². The molecule has 0 aliphatic heterocycles. The molecule has 82 valence electrons. The summed E-state index contributed by atoms with van der Waals surface area (Å²) in [5.74, 6) is 0.312. The van der Waals surface area contributed by atoms with E-state index in [1.807, 2.05) is 18.3 Å². The number of amides is 1. The summed E-state index contributed by atoms with van der Waals surface area (Å²) in [6, 6.07) is 4.22. The van der Waals surface area contributed by atoms with Crippen molar-refractivity contribution in [1.29, 1.82) is 0 Å². The predicted molar refractivity (Wildman–Crippen MR) is 58.2 cm³/mol. The Labute approximate surface area is 89.2 Å². The summed E-state index contributed by atoms with van der Waals surface area (Å²) in [5, 5.41) is 2.93. The van der Waals surface area contributed by atoms with Gasteiger partial charge in [-0.15, -0.1) is 0 Å². The molecule has 2 rings (SSSR count). The number of aromatic amines is 1. The van der Waals surface area contributed by atoms with Gasteiger partial charge in [-0.3, -0.25) is 4.79 Å². The minimum Gasteiger partial charge on any atom is -0.365 e. The molecule has 0 saturated heterocycles. The van der Waals surface area contributed by atoms with Crippen LogP contribution in [0.25, 0.3) is 0 Å². The summed E-state index contributed by atoms with van der Waals surface area (Å²) in [7, 11) is 0. The number of carbonyl (C=O) groups excluding carboxylic acids is 1. The van der Waals surface area contributed by atoms with E-state index in [2.05, 4.69) is 10.3 Å². The summed E-state index contributed by atoms with van der Waals surface area (Å²) in [5.41, 5.74) is 6.78. The van der Waals surface area contributed by atoms with E-state index < -0.39 is 0 Å². The van der Waals surface area contributed by atoms with Gasteiger partial charge in [0.05, 0.1) is 0 Å². The van der Waals surface area contributed by atoms with Crippen molar-refractivity contribution in [2.45, 2.75) is 25.3 Å². The lowest BCUT2D eigenvalue weighted by atomic mass is 9.80. The van der Waals surface area contributed by atoms with E-state index in [1.54, 1.807) is 0 Å². The number of carbonyl (C=O) groups is 1. The molecule has 1 aliphatic rings. The lowest BCUT2D eigenvalue weighted by Crippen LogP contribution is -2.45. The third-order valence-corrected chi connectivity index (χ3v) is 2.90. The van der Waals surface area contributed by atoms with Crippen LogP contribution in [0.15, 0.2) is 18.3 Å². The molecule has 4 N–H and O–H groups in total. The normalized spacial score (nSPS) is 24.6. The molecule has 1 aliphatic carbocycles. The van der Waals surface area contributed by atoms with Crippen LogP contribution in [0.5, 0.6) is 0 Å². The summed E-state index contributed by atoms with van der Waals surface area (Å²) in [4.78, 5) is 14.6. The Morgan fingerprint density at radius 2 is 2.40 bits per heavy atom. The number of nitrogens with two attached hydrogens (primary N) is 1. The van der Waals surface area contributed by atoms with Crippen molar-refractivity contribution < 1.29 is 4.79 Å². The molecule has 1 aromatic rings. The molecule has 1 saturated carbocycles. The van der Waals surface area contributed by atoms with Gasteiger partial charge in [0.25, 0.3) is 0 Å². The van der Waals surface area contributed by atoms with Crippen LogP contribution in [0.4, 0.5) is 0 Å². The Morgan fingerprint density at radius 1 is 1.60 bits per heavy atom. The fourth-order valence-electron chi connectivity index (χ4n) is 1.86. The molecule has 15 heavy (non-hydrogen) atoms. The van der Waals surface area contributed by atoms with Gasteiger partial charge in [-0.1, -0.05) is 0 Å². The minimum absolute atomic E-state index is 0.156. The maximum atomic E-state index is 11.5. The molecule has 0 radical (unpaired) electrons. The second-order valence-electron chi connectivity index (χ2n) is 4.16. The highest BCUT2D eigenvalue weighted by atomic mass is 16.1. The van der Waals surface area contributed by atoms with Crippen LogP contribution in [0, 0.1) is 5.92 Å². The van der Waals surface area contributed by atoms with Gasteiger partial charge in [-0.05, 0) is 25.0 Å². The van der Waals surface area contributed by atoms with Gasteiger partial charge < -0.3 is 16.0 Å². The maximum absolute atomic E-state index is 11.5. The second kappa shape index (κ2) is 4.49. The highest BCUT2D eigenvalue weighted by molar-refractivity contribution is 5.79. The molecule has 1 aromatic heterocycles. The standard InChI is InChI=1S/C11H17N3O/c12-9-6-8(7-9)11(15)14-5-3-10-2-1-4-13-10/h1-2,4,8-9,13H,3,5-7,12H2,(H,14,15). The predicted octanol–water partition coefficient (Wildman–Crippen LogP) is 0.411. The van der Waals surface area contributed by atoms with Gasteiger partial charge in [-0.2, -0.15) is 0 Å². The molecule has 0 aromatic carbocycles. The van der Waals surface area contributed by atoms with Crippen molar-refractivity contribution in [2.24, 2.45) is 11.7 Å². The lowest BCUT2D eigenvalue weighted by molar-refractivity contribution is -0.127. The topological polar surface area (TPSA) is 70.9 Å². The summed E-state index contributed by atoms with van der Waals surface area (Å²) < 4.78 is 0. The number of hydrogen-bond donors (Lipinski definition) is 3. The third kappa shape index (κ3) is 2.59. The van der Waals surface area contributed by atoms with Gasteiger partial charge in [0.15, 0.2) is 0 Å². The fourth-order valence-corrected chi connectivity index (χ4v) is 1.86. The minimum atomic E-state index is 0.156. The highest BCUT2D eigenvalue weighted by Crippen LogP contribution is 2.25. The Kier molecular flexibility index (Phi) is 3.06. The van der Waals surface area contributed by atoms with E-state index in [-0.39, 0.29) is 17.9 Å². The van der Waals surface area contributed by atoms with Gasteiger partial charge >= 0.3 is 0 Å². The van der Waals surface area contributed by atoms with Gasteiger partial charge in [0.2, 0.25) is 5.91 Å². The van der Waals surface area contributed by atoms with Gasteiger partial charge in [-0.25, -0.2) is 0 Å². The van der Waals surface area contributed by atoms with Crippen molar-refractivity contribution >= 4 is 5.91 Å². The molecule has 0 bridgehead atoms. The van der Waals surface area contributed by atoms with Crippen LogP contribution < -0.4 is 11.1 Å². The average Bonchev–Trinajstić information content (AvgIpc) is 2.65. The Hall–Kier alpha value is -1.29. The molecule has 4 nitrogen and oxygen atoms in total. The third-order valence-electron chi connectivity index (χ3n) is 2.90. The van der Waals surface area contributed by atoms with Crippen molar-refractivity contribution in [3.05, 3.63) is 24.0 Å². The number of H-pyrrole nitrogens is 1. The zero-order valence-corrected chi connectivity index (χ0v) is 8.70. The molecule has 0 atom stereocenters. The molecule has 1 fully saturated rings. The molecular weight excluding hydrogens is 190 g/mol. The summed E-state index contributed by atoms with van der Waals surface area (Å²) in [6.45, 7) is 0.699. The first-order valence-electron chi connectivity index (χ1n) is 5.41. The number of nitrogens with one attached hydrogen (secondary N) is 2. The van der Waals surface area contributed by atoms with E-state index in [9.17, 15) is 4.79 Å². The van der Waals surface area contributed by atoms with Crippen molar-refractivity contribution in [3.63, 3.8) is 0 Å². The first-order valence-corrected chi connectivity index (χ1v) is 5.41.